The lowest BCUT2D eigenvalue weighted by molar-refractivity contribution is -0.385. The number of morpholine rings is 1. The van der Waals surface area contributed by atoms with E-state index in [2.05, 4.69) is 5.32 Å². The van der Waals surface area contributed by atoms with E-state index in [1.165, 1.54) is 16.4 Å². The maximum atomic E-state index is 13.2. The van der Waals surface area contributed by atoms with Crippen molar-refractivity contribution in [3.8, 4) is 0 Å². The molecule has 0 aliphatic carbocycles. The van der Waals surface area contributed by atoms with Crippen LogP contribution in [-0.2, 0) is 14.8 Å². The van der Waals surface area contributed by atoms with E-state index in [0.717, 1.165) is 17.2 Å². The molecule has 1 N–H and O–H groups in total. The predicted molar refractivity (Wildman–Crippen MR) is 106 cm³/mol. The van der Waals surface area contributed by atoms with Gasteiger partial charge < -0.3 is 10.1 Å². The van der Waals surface area contributed by atoms with E-state index >= 15 is 0 Å². The maximum absolute atomic E-state index is 13.2. The third-order valence-corrected chi connectivity index (χ3v) is 6.73. The van der Waals surface area contributed by atoms with Gasteiger partial charge in [0, 0.05) is 31.3 Å². The van der Waals surface area contributed by atoms with Crippen molar-refractivity contribution in [1.82, 2.24) is 4.31 Å². The molecule has 8 nitrogen and oxygen atoms in total. The summed E-state index contributed by atoms with van der Waals surface area (Å²) in [5, 5.41) is 14.4. The Morgan fingerprint density at radius 1 is 1.18 bits per heavy atom. The predicted octanol–water partition coefficient (Wildman–Crippen LogP) is 3.10. The molecule has 1 saturated heterocycles. The van der Waals surface area contributed by atoms with Gasteiger partial charge in [0.25, 0.3) is 5.69 Å². The summed E-state index contributed by atoms with van der Waals surface area (Å²) in [5.41, 5.74) is 2.17. The van der Waals surface area contributed by atoms with Crippen LogP contribution >= 0.6 is 0 Å². The van der Waals surface area contributed by atoms with Crippen molar-refractivity contribution in [3.05, 3.63) is 63.7 Å². The van der Waals surface area contributed by atoms with Gasteiger partial charge in [-0.1, -0.05) is 24.3 Å². The van der Waals surface area contributed by atoms with Crippen LogP contribution in [0.1, 0.15) is 24.1 Å². The molecule has 1 atom stereocenters. The minimum Gasteiger partial charge on any atom is -0.379 e. The Hall–Kier alpha value is -2.49. The van der Waals surface area contributed by atoms with Crippen LogP contribution in [0.2, 0.25) is 0 Å². The van der Waals surface area contributed by atoms with Gasteiger partial charge in [-0.2, -0.15) is 4.31 Å². The number of benzene rings is 2. The molecular formula is C19H23N3O5S. The van der Waals surface area contributed by atoms with Crippen molar-refractivity contribution in [2.24, 2.45) is 0 Å². The monoisotopic (exact) mass is 405 g/mol. The standard InChI is InChI=1S/C19H23N3O5S/c1-14-5-3-4-6-17(14)15(2)20-18-8-7-16(22(23)24)13-19(18)28(25,26)21-9-11-27-12-10-21/h3-8,13,15,20H,9-12H2,1-2H3/t15-/m0/s1. The lowest BCUT2D eigenvalue weighted by Gasteiger charge is -2.27. The molecule has 1 aliphatic rings. The minimum absolute atomic E-state index is 0.0935. The summed E-state index contributed by atoms with van der Waals surface area (Å²) in [5.74, 6) is 0. The summed E-state index contributed by atoms with van der Waals surface area (Å²) >= 11 is 0. The number of nitrogens with zero attached hydrogens (tertiary/aromatic N) is 2. The number of hydrogen-bond acceptors (Lipinski definition) is 6. The smallest absolute Gasteiger partial charge is 0.270 e. The number of nitro benzene ring substituents is 1. The largest absolute Gasteiger partial charge is 0.379 e. The van der Waals surface area contributed by atoms with Crippen molar-refractivity contribution >= 4 is 21.4 Å². The first-order valence-corrected chi connectivity index (χ1v) is 10.4. The van der Waals surface area contributed by atoms with Gasteiger partial charge in [0.15, 0.2) is 0 Å². The Kier molecular flexibility index (Phi) is 5.97. The molecule has 1 heterocycles. The number of nitro groups is 1. The van der Waals surface area contributed by atoms with Gasteiger partial charge in [-0.05, 0) is 31.0 Å². The van der Waals surface area contributed by atoms with Crippen molar-refractivity contribution in [3.63, 3.8) is 0 Å². The van der Waals surface area contributed by atoms with Crippen molar-refractivity contribution < 1.29 is 18.1 Å². The molecule has 28 heavy (non-hydrogen) atoms. The number of anilines is 1. The van der Waals surface area contributed by atoms with Crippen LogP contribution in [0, 0.1) is 17.0 Å². The molecule has 9 heteroatoms. The molecule has 150 valence electrons. The third kappa shape index (κ3) is 4.16. The van der Waals surface area contributed by atoms with Crippen LogP contribution in [0.25, 0.3) is 0 Å². The van der Waals surface area contributed by atoms with E-state index in [1.807, 2.05) is 38.1 Å². The summed E-state index contributed by atoms with van der Waals surface area (Å²) in [6.07, 6.45) is 0. The highest BCUT2D eigenvalue weighted by molar-refractivity contribution is 7.89. The Morgan fingerprint density at radius 3 is 2.50 bits per heavy atom. The molecule has 0 bridgehead atoms. The van der Waals surface area contributed by atoms with Gasteiger partial charge in [-0.15, -0.1) is 0 Å². The molecule has 1 aliphatic heterocycles. The summed E-state index contributed by atoms with van der Waals surface area (Å²) < 4.78 is 32.9. The maximum Gasteiger partial charge on any atom is 0.270 e. The first-order valence-electron chi connectivity index (χ1n) is 8.99. The second-order valence-corrected chi connectivity index (χ2v) is 8.58. The molecule has 2 aromatic carbocycles. The molecule has 0 radical (unpaired) electrons. The van der Waals surface area contributed by atoms with E-state index in [4.69, 9.17) is 4.74 Å². The number of ether oxygens (including phenoxy) is 1. The average Bonchev–Trinajstić information content (AvgIpc) is 2.69. The van der Waals surface area contributed by atoms with Crippen molar-refractivity contribution in [2.75, 3.05) is 31.6 Å². The molecule has 0 spiro atoms. The Labute approximate surface area is 164 Å². The van der Waals surface area contributed by atoms with E-state index in [-0.39, 0.29) is 29.7 Å². The van der Waals surface area contributed by atoms with Gasteiger partial charge in [-0.25, -0.2) is 8.42 Å². The fourth-order valence-electron chi connectivity index (χ4n) is 3.27. The highest BCUT2D eigenvalue weighted by Gasteiger charge is 2.30. The highest BCUT2D eigenvalue weighted by atomic mass is 32.2. The molecule has 1 fully saturated rings. The molecule has 0 aromatic heterocycles. The molecular weight excluding hydrogens is 382 g/mol. The van der Waals surface area contributed by atoms with E-state index in [9.17, 15) is 18.5 Å². The van der Waals surface area contributed by atoms with Crippen molar-refractivity contribution in [1.29, 1.82) is 0 Å². The number of non-ortho nitro benzene ring substituents is 1. The number of hydrogen-bond donors (Lipinski definition) is 1. The van der Waals surface area contributed by atoms with Crippen LogP contribution < -0.4 is 5.32 Å². The molecule has 3 rings (SSSR count). The molecule has 2 aromatic rings. The summed E-state index contributed by atoms with van der Waals surface area (Å²) in [6, 6.07) is 11.5. The number of aryl methyl sites for hydroxylation is 1. The molecule has 0 unspecified atom stereocenters. The fraction of sp³-hybridized carbons (Fsp3) is 0.368. The average molecular weight is 405 g/mol. The zero-order valence-corrected chi connectivity index (χ0v) is 16.6. The van der Waals surface area contributed by atoms with E-state index in [1.54, 1.807) is 0 Å². The van der Waals surface area contributed by atoms with Crippen LogP contribution in [-0.4, -0.2) is 43.9 Å². The van der Waals surface area contributed by atoms with Gasteiger partial charge in [0.2, 0.25) is 10.0 Å². The Morgan fingerprint density at radius 2 is 1.86 bits per heavy atom. The summed E-state index contributed by atoms with van der Waals surface area (Å²) in [6.45, 7) is 4.95. The number of rotatable bonds is 6. The minimum atomic E-state index is -3.90. The van der Waals surface area contributed by atoms with Crippen LogP contribution in [0.3, 0.4) is 0 Å². The highest BCUT2D eigenvalue weighted by Crippen LogP contribution is 2.32. The normalized spacial score (nSPS) is 16.5. The van der Waals surface area contributed by atoms with Crippen LogP contribution in [0.5, 0.6) is 0 Å². The molecule has 0 amide bonds. The van der Waals surface area contributed by atoms with Gasteiger partial charge in [0.05, 0.1) is 23.8 Å². The summed E-state index contributed by atoms with van der Waals surface area (Å²) in [4.78, 5) is 10.5. The summed E-state index contributed by atoms with van der Waals surface area (Å²) in [7, 11) is -3.90. The zero-order valence-electron chi connectivity index (χ0n) is 15.8. The lowest BCUT2D eigenvalue weighted by atomic mass is 10.0. The Bertz CT molecular complexity index is 971. The molecule has 0 saturated carbocycles. The first-order chi connectivity index (χ1) is 13.3. The van der Waals surface area contributed by atoms with Crippen LogP contribution in [0.4, 0.5) is 11.4 Å². The SMILES string of the molecule is Cc1ccccc1[C@H](C)Nc1ccc([N+](=O)[O-])cc1S(=O)(=O)N1CCOCC1. The number of nitrogens with one attached hydrogen (secondary N) is 1. The van der Waals surface area contributed by atoms with Crippen LogP contribution in [0.15, 0.2) is 47.4 Å². The fourth-order valence-corrected chi connectivity index (χ4v) is 4.85. The third-order valence-electron chi connectivity index (χ3n) is 4.79. The van der Waals surface area contributed by atoms with Gasteiger partial charge in [0.1, 0.15) is 4.90 Å². The number of sulfonamides is 1. The van der Waals surface area contributed by atoms with Crippen molar-refractivity contribution in [2.45, 2.75) is 24.8 Å². The van der Waals surface area contributed by atoms with Gasteiger partial charge >= 0.3 is 0 Å². The zero-order chi connectivity index (χ0) is 20.3. The van der Waals surface area contributed by atoms with E-state index in [0.29, 0.717) is 18.9 Å². The topological polar surface area (TPSA) is 102 Å². The lowest BCUT2D eigenvalue weighted by Crippen LogP contribution is -2.40. The first kappa shape index (κ1) is 20.2. The quantitative estimate of drug-likeness (QED) is 0.585. The Balaban J connectivity index is 2.01. The van der Waals surface area contributed by atoms with E-state index < -0.39 is 14.9 Å². The second kappa shape index (κ2) is 8.26. The second-order valence-electron chi connectivity index (χ2n) is 6.68. The van der Waals surface area contributed by atoms with Gasteiger partial charge in [-0.3, -0.25) is 10.1 Å².